The summed E-state index contributed by atoms with van der Waals surface area (Å²) >= 11 is 0. The van der Waals surface area contributed by atoms with Crippen molar-refractivity contribution in [1.82, 2.24) is 5.32 Å². The zero-order valence-corrected chi connectivity index (χ0v) is 13.3. The van der Waals surface area contributed by atoms with Gasteiger partial charge < -0.3 is 10.1 Å². The topological polar surface area (TPSA) is 21.3 Å². The molecule has 1 rings (SSSR count). The van der Waals surface area contributed by atoms with E-state index >= 15 is 0 Å². The number of rotatable bonds is 7. The third-order valence-electron chi connectivity index (χ3n) is 4.01. The Kier molecular flexibility index (Phi) is 6.02. The Bertz CT molecular complexity index is 371. The largest absolute Gasteiger partial charge is 0.374 e. The van der Waals surface area contributed by atoms with Gasteiger partial charge in [0.1, 0.15) is 0 Å². The van der Waals surface area contributed by atoms with Crippen LogP contribution in [0.4, 0.5) is 0 Å². The lowest BCUT2D eigenvalue weighted by Crippen LogP contribution is -2.42. The van der Waals surface area contributed by atoms with Gasteiger partial charge in [-0.15, -0.1) is 0 Å². The van der Waals surface area contributed by atoms with Gasteiger partial charge in [0.05, 0.1) is 11.6 Å². The van der Waals surface area contributed by atoms with E-state index in [-0.39, 0.29) is 11.6 Å². The molecule has 0 spiro atoms. The van der Waals surface area contributed by atoms with Crippen LogP contribution in [0, 0.1) is 0 Å². The fourth-order valence-corrected chi connectivity index (χ4v) is 2.62. The zero-order valence-electron chi connectivity index (χ0n) is 13.3. The van der Waals surface area contributed by atoms with Gasteiger partial charge in [-0.2, -0.15) is 0 Å². The lowest BCUT2D eigenvalue weighted by molar-refractivity contribution is -0.0546. The first-order valence-corrected chi connectivity index (χ1v) is 7.39. The van der Waals surface area contributed by atoms with E-state index in [9.17, 15) is 0 Å². The molecular weight excluding hydrogens is 234 g/mol. The van der Waals surface area contributed by atoms with E-state index in [0.717, 1.165) is 13.0 Å². The molecule has 0 amide bonds. The Labute approximate surface area is 118 Å². The van der Waals surface area contributed by atoms with E-state index in [2.05, 4.69) is 64.2 Å². The summed E-state index contributed by atoms with van der Waals surface area (Å²) in [7, 11) is 2.01. The summed E-state index contributed by atoms with van der Waals surface area (Å²) in [5.74, 6) is 0.575. The zero-order chi connectivity index (χ0) is 14.5. The van der Waals surface area contributed by atoms with Gasteiger partial charge in [-0.05, 0) is 44.4 Å². The van der Waals surface area contributed by atoms with E-state index in [4.69, 9.17) is 4.74 Å². The molecule has 108 valence electrons. The van der Waals surface area contributed by atoms with Gasteiger partial charge in [0.15, 0.2) is 0 Å². The maximum atomic E-state index is 6.00. The second-order valence-electron chi connectivity index (χ2n) is 5.64. The molecule has 0 aromatic heterocycles. The third kappa shape index (κ3) is 3.80. The molecule has 1 aromatic carbocycles. The molecule has 2 nitrogen and oxygen atoms in total. The van der Waals surface area contributed by atoms with E-state index in [1.54, 1.807) is 0 Å². The molecule has 0 radical (unpaired) electrons. The lowest BCUT2D eigenvalue weighted by atomic mass is 9.86. The molecule has 0 fully saturated rings. The highest BCUT2D eigenvalue weighted by Gasteiger charge is 2.33. The van der Waals surface area contributed by atoms with Crippen LogP contribution in [0.25, 0.3) is 0 Å². The lowest BCUT2D eigenvalue weighted by Gasteiger charge is -2.37. The molecule has 1 aromatic rings. The number of ether oxygens (including phenoxy) is 1. The minimum Gasteiger partial charge on any atom is -0.374 e. The average molecular weight is 263 g/mol. The average Bonchev–Trinajstić information content (AvgIpc) is 2.40. The van der Waals surface area contributed by atoms with Crippen LogP contribution in [-0.2, 0) is 4.74 Å². The maximum Gasteiger partial charge on any atom is 0.0845 e. The molecule has 0 saturated carbocycles. The van der Waals surface area contributed by atoms with Crippen molar-refractivity contribution in [3.63, 3.8) is 0 Å². The van der Waals surface area contributed by atoms with Gasteiger partial charge in [0.25, 0.3) is 0 Å². The van der Waals surface area contributed by atoms with Gasteiger partial charge in [-0.1, -0.05) is 45.0 Å². The van der Waals surface area contributed by atoms with Crippen LogP contribution in [0.15, 0.2) is 24.3 Å². The summed E-state index contributed by atoms with van der Waals surface area (Å²) in [6.45, 7) is 11.6. The van der Waals surface area contributed by atoms with Gasteiger partial charge in [0, 0.05) is 6.61 Å². The van der Waals surface area contributed by atoms with E-state index in [0.29, 0.717) is 5.92 Å². The molecule has 1 N–H and O–H groups in total. The highest BCUT2D eigenvalue weighted by atomic mass is 16.5. The molecule has 2 atom stereocenters. The summed E-state index contributed by atoms with van der Waals surface area (Å²) in [5, 5.41) is 3.42. The van der Waals surface area contributed by atoms with Crippen molar-refractivity contribution in [2.24, 2.45) is 0 Å². The molecule has 2 heteroatoms. The fraction of sp³-hybridized carbons (Fsp3) is 0.647. The third-order valence-corrected chi connectivity index (χ3v) is 4.01. The molecular formula is C17H29NO. The van der Waals surface area contributed by atoms with Crippen molar-refractivity contribution in [2.75, 3.05) is 13.7 Å². The number of hydrogen-bond acceptors (Lipinski definition) is 2. The monoisotopic (exact) mass is 263 g/mol. The van der Waals surface area contributed by atoms with Crippen molar-refractivity contribution < 1.29 is 4.74 Å². The molecule has 0 heterocycles. The maximum absolute atomic E-state index is 6.00. The molecule has 19 heavy (non-hydrogen) atoms. The van der Waals surface area contributed by atoms with Crippen LogP contribution < -0.4 is 5.32 Å². The molecule has 0 aliphatic rings. The van der Waals surface area contributed by atoms with Gasteiger partial charge >= 0.3 is 0 Å². The first-order chi connectivity index (χ1) is 8.98. The second kappa shape index (κ2) is 7.06. The van der Waals surface area contributed by atoms with Gasteiger partial charge in [-0.25, -0.2) is 0 Å². The Morgan fingerprint density at radius 1 is 1.11 bits per heavy atom. The van der Waals surface area contributed by atoms with Crippen molar-refractivity contribution in [2.45, 2.75) is 58.6 Å². The van der Waals surface area contributed by atoms with Crippen molar-refractivity contribution in [3.8, 4) is 0 Å². The Morgan fingerprint density at radius 2 is 1.63 bits per heavy atom. The predicted molar refractivity (Wildman–Crippen MR) is 82.7 cm³/mol. The smallest absolute Gasteiger partial charge is 0.0845 e. The summed E-state index contributed by atoms with van der Waals surface area (Å²) in [6.07, 6.45) is 0.984. The number of likely N-dealkylation sites (N-methyl/N-ethyl adjacent to an activating group) is 1. The van der Waals surface area contributed by atoms with Gasteiger partial charge in [-0.3, -0.25) is 0 Å². The Morgan fingerprint density at radius 3 is 2.00 bits per heavy atom. The summed E-state index contributed by atoms with van der Waals surface area (Å²) in [4.78, 5) is 0. The van der Waals surface area contributed by atoms with Crippen molar-refractivity contribution in [1.29, 1.82) is 0 Å². The van der Waals surface area contributed by atoms with Crippen LogP contribution in [0.3, 0.4) is 0 Å². The minimum absolute atomic E-state index is 0.164. The highest BCUT2D eigenvalue weighted by Crippen LogP contribution is 2.32. The minimum atomic E-state index is -0.164. The van der Waals surface area contributed by atoms with Crippen LogP contribution in [0.1, 0.15) is 64.1 Å². The molecule has 0 aliphatic carbocycles. The van der Waals surface area contributed by atoms with E-state index in [1.807, 2.05) is 7.05 Å². The van der Waals surface area contributed by atoms with E-state index < -0.39 is 0 Å². The predicted octanol–water partition coefficient (Wildman–Crippen LogP) is 4.28. The summed E-state index contributed by atoms with van der Waals surface area (Å²) in [5.41, 5.74) is 2.51. The Balaban J connectivity index is 3.01. The molecule has 0 saturated heterocycles. The first-order valence-electron chi connectivity index (χ1n) is 7.39. The fourth-order valence-electron chi connectivity index (χ4n) is 2.62. The van der Waals surface area contributed by atoms with E-state index in [1.165, 1.54) is 11.1 Å². The highest BCUT2D eigenvalue weighted by molar-refractivity contribution is 5.28. The Hall–Kier alpha value is -0.860. The second-order valence-corrected chi connectivity index (χ2v) is 5.64. The SMILES string of the molecule is CCOC(C)(CC)C(NC)c1ccc(C(C)C)cc1. The quantitative estimate of drug-likeness (QED) is 0.793. The number of benzene rings is 1. The number of hydrogen-bond donors (Lipinski definition) is 1. The molecule has 0 aliphatic heterocycles. The standard InChI is InChI=1S/C17H29NO/c1-7-17(5,19-8-2)16(18-6)15-11-9-14(10-12-15)13(3)4/h9-13,16,18H,7-8H2,1-6H3. The van der Waals surface area contributed by atoms with Crippen LogP contribution in [0.2, 0.25) is 0 Å². The summed E-state index contributed by atoms with van der Waals surface area (Å²) < 4.78 is 6.00. The normalized spacial score (nSPS) is 16.4. The van der Waals surface area contributed by atoms with Crippen molar-refractivity contribution >= 4 is 0 Å². The van der Waals surface area contributed by atoms with Gasteiger partial charge in [0.2, 0.25) is 0 Å². The van der Waals surface area contributed by atoms with Crippen LogP contribution in [-0.4, -0.2) is 19.3 Å². The summed E-state index contributed by atoms with van der Waals surface area (Å²) in [6, 6.07) is 9.13. The van der Waals surface area contributed by atoms with Crippen LogP contribution in [0.5, 0.6) is 0 Å². The first kappa shape index (κ1) is 16.2. The molecule has 2 unspecified atom stereocenters. The van der Waals surface area contributed by atoms with Crippen LogP contribution >= 0.6 is 0 Å². The van der Waals surface area contributed by atoms with Crippen molar-refractivity contribution in [3.05, 3.63) is 35.4 Å². The molecule has 0 bridgehead atoms. The number of nitrogens with one attached hydrogen (secondary N) is 1.